The maximum absolute atomic E-state index is 5.84. The van der Waals surface area contributed by atoms with Gasteiger partial charge in [-0.3, -0.25) is 4.99 Å². The zero-order valence-electron chi connectivity index (χ0n) is 13.9. The molecular weight excluding hydrogens is 397 g/mol. The van der Waals surface area contributed by atoms with Crippen molar-refractivity contribution in [2.45, 2.75) is 38.7 Å². The van der Waals surface area contributed by atoms with Crippen LogP contribution in [0.1, 0.15) is 32.6 Å². The summed E-state index contributed by atoms with van der Waals surface area (Å²) >= 11 is 0. The van der Waals surface area contributed by atoms with Crippen LogP contribution in [0.15, 0.2) is 4.99 Å². The van der Waals surface area contributed by atoms with Gasteiger partial charge in [-0.2, -0.15) is 0 Å². The first-order chi connectivity index (χ1) is 10.4. The van der Waals surface area contributed by atoms with Crippen LogP contribution in [0, 0.1) is 0 Å². The first kappa shape index (κ1) is 21.9. The Balaban J connectivity index is 0.00000441. The smallest absolute Gasteiger partial charge is 0.191 e. The molecule has 1 rings (SSSR count). The first-order valence-corrected chi connectivity index (χ1v) is 8.07. The van der Waals surface area contributed by atoms with E-state index in [1.54, 1.807) is 7.11 Å². The van der Waals surface area contributed by atoms with Gasteiger partial charge >= 0.3 is 0 Å². The number of halogens is 1. The van der Waals surface area contributed by atoms with Gasteiger partial charge in [0.15, 0.2) is 5.96 Å². The topological polar surface area (TPSA) is 64.1 Å². The van der Waals surface area contributed by atoms with Gasteiger partial charge in [0.2, 0.25) is 0 Å². The Kier molecular flexibility index (Phi) is 15.7. The Morgan fingerprint density at radius 1 is 1.18 bits per heavy atom. The van der Waals surface area contributed by atoms with Crippen molar-refractivity contribution in [2.24, 2.45) is 4.99 Å². The number of nitrogens with zero attached hydrogens (tertiary/aromatic N) is 1. The molecule has 22 heavy (non-hydrogen) atoms. The minimum absolute atomic E-state index is 0. The Morgan fingerprint density at radius 3 is 2.64 bits per heavy atom. The Labute approximate surface area is 151 Å². The molecule has 132 valence electrons. The normalized spacial score (nSPS) is 16.2. The standard InChI is InChI=1S/C15H31N3O3.HI/c1-3-16-15(17-8-4-10-19-2)18-9-5-11-21-14-6-12-20-13-7-14;/h14H,3-13H2,1-2H3,(H2,16,17,18);1H. The molecule has 1 saturated heterocycles. The van der Waals surface area contributed by atoms with Gasteiger partial charge in [-0.25, -0.2) is 0 Å². The number of hydrogen-bond donors (Lipinski definition) is 2. The lowest BCUT2D eigenvalue weighted by molar-refractivity contribution is -0.0320. The van der Waals surface area contributed by atoms with E-state index in [1.165, 1.54) is 0 Å². The van der Waals surface area contributed by atoms with E-state index in [0.717, 1.165) is 77.7 Å². The van der Waals surface area contributed by atoms with E-state index in [4.69, 9.17) is 14.2 Å². The Bertz CT molecular complexity index is 275. The average Bonchev–Trinajstić information content (AvgIpc) is 2.52. The van der Waals surface area contributed by atoms with Crippen molar-refractivity contribution in [1.29, 1.82) is 0 Å². The molecular formula is C15H32IN3O3. The third-order valence-electron chi connectivity index (χ3n) is 3.26. The average molecular weight is 429 g/mol. The van der Waals surface area contributed by atoms with Crippen molar-refractivity contribution in [2.75, 3.05) is 53.2 Å². The van der Waals surface area contributed by atoms with E-state index >= 15 is 0 Å². The minimum Gasteiger partial charge on any atom is -0.385 e. The fourth-order valence-corrected chi connectivity index (χ4v) is 2.11. The van der Waals surface area contributed by atoms with E-state index < -0.39 is 0 Å². The van der Waals surface area contributed by atoms with Gasteiger partial charge in [0.1, 0.15) is 0 Å². The van der Waals surface area contributed by atoms with Gasteiger partial charge in [0.05, 0.1) is 6.10 Å². The lowest BCUT2D eigenvalue weighted by Gasteiger charge is -2.22. The van der Waals surface area contributed by atoms with E-state index in [0.29, 0.717) is 6.10 Å². The van der Waals surface area contributed by atoms with Gasteiger partial charge in [-0.1, -0.05) is 0 Å². The molecule has 2 N–H and O–H groups in total. The van der Waals surface area contributed by atoms with Crippen LogP contribution in [-0.4, -0.2) is 65.2 Å². The molecule has 0 aromatic carbocycles. The molecule has 0 unspecified atom stereocenters. The predicted molar refractivity (Wildman–Crippen MR) is 100 cm³/mol. The second kappa shape index (κ2) is 15.8. The monoisotopic (exact) mass is 429 g/mol. The fourth-order valence-electron chi connectivity index (χ4n) is 2.11. The highest BCUT2D eigenvalue weighted by molar-refractivity contribution is 14.0. The number of aliphatic imine (C=N–C) groups is 1. The van der Waals surface area contributed by atoms with Crippen molar-refractivity contribution in [3.8, 4) is 0 Å². The van der Waals surface area contributed by atoms with Crippen molar-refractivity contribution in [1.82, 2.24) is 10.6 Å². The molecule has 0 aromatic heterocycles. The van der Waals surface area contributed by atoms with E-state index in [-0.39, 0.29) is 24.0 Å². The van der Waals surface area contributed by atoms with E-state index in [9.17, 15) is 0 Å². The number of ether oxygens (including phenoxy) is 3. The molecule has 1 aliphatic rings. The summed E-state index contributed by atoms with van der Waals surface area (Å²) < 4.78 is 16.2. The van der Waals surface area contributed by atoms with Gasteiger partial charge in [-0.15, -0.1) is 24.0 Å². The van der Waals surface area contributed by atoms with Crippen LogP contribution in [0.5, 0.6) is 0 Å². The number of hydrogen-bond acceptors (Lipinski definition) is 4. The molecule has 0 amide bonds. The lowest BCUT2D eigenvalue weighted by Crippen LogP contribution is -2.38. The predicted octanol–water partition coefficient (Wildman–Crippen LogP) is 1.78. The summed E-state index contributed by atoms with van der Waals surface area (Å²) in [6, 6.07) is 0. The van der Waals surface area contributed by atoms with Crippen molar-refractivity contribution >= 4 is 29.9 Å². The zero-order chi connectivity index (χ0) is 15.2. The highest BCUT2D eigenvalue weighted by Gasteiger charge is 2.13. The van der Waals surface area contributed by atoms with Gasteiger partial charge < -0.3 is 24.8 Å². The van der Waals surface area contributed by atoms with E-state index in [2.05, 4.69) is 22.5 Å². The minimum atomic E-state index is 0. The summed E-state index contributed by atoms with van der Waals surface area (Å²) in [4.78, 5) is 4.50. The summed E-state index contributed by atoms with van der Waals surface area (Å²) in [7, 11) is 1.71. The molecule has 0 radical (unpaired) electrons. The largest absolute Gasteiger partial charge is 0.385 e. The van der Waals surface area contributed by atoms with Crippen molar-refractivity contribution < 1.29 is 14.2 Å². The van der Waals surface area contributed by atoms with Crippen molar-refractivity contribution in [3.63, 3.8) is 0 Å². The SMILES string of the molecule is CCNC(=NCCCOC)NCCCOC1CCOCC1.I. The molecule has 1 fully saturated rings. The van der Waals surface area contributed by atoms with E-state index in [1.807, 2.05) is 0 Å². The summed E-state index contributed by atoms with van der Waals surface area (Å²) in [6.45, 7) is 7.81. The van der Waals surface area contributed by atoms with Crippen LogP contribution in [-0.2, 0) is 14.2 Å². The molecule has 0 aliphatic carbocycles. The second-order valence-electron chi connectivity index (χ2n) is 5.07. The summed E-state index contributed by atoms with van der Waals surface area (Å²) in [5.41, 5.74) is 0. The Morgan fingerprint density at radius 2 is 1.95 bits per heavy atom. The maximum atomic E-state index is 5.84. The summed E-state index contributed by atoms with van der Waals surface area (Å²) in [5.74, 6) is 0.875. The van der Waals surface area contributed by atoms with Gasteiger partial charge in [-0.05, 0) is 32.6 Å². The molecule has 1 heterocycles. The molecule has 0 atom stereocenters. The van der Waals surface area contributed by atoms with Crippen molar-refractivity contribution in [3.05, 3.63) is 0 Å². The third-order valence-corrected chi connectivity index (χ3v) is 3.26. The number of rotatable bonds is 10. The van der Waals surface area contributed by atoms with Crippen LogP contribution in [0.4, 0.5) is 0 Å². The zero-order valence-corrected chi connectivity index (χ0v) is 16.3. The number of guanidine groups is 1. The lowest BCUT2D eigenvalue weighted by atomic mass is 10.1. The third kappa shape index (κ3) is 11.4. The van der Waals surface area contributed by atoms with Crippen LogP contribution >= 0.6 is 24.0 Å². The van der Waals surface area contributed by atoms with Crippen LogP contribution in [0.3, 0.4) is 0 Å². The fraction of sp³-hybridized carbons (Fsp3) is 0.933. The number of methoxy groups -OCH3 is 1. The van der Waals surface area contributed by atoms with Crippen LogP contribution < -0.4 is 10.6 Å². The highest BCUT2D eigenvalue weighted by atomic mass is 127. The molecule has 0 spiro atoms. The highest BCUT2D eigenvalue weighted by Crippen LogP contribution is 2.10. The summed E-state index contributed by atoms with van der Waals surface area (Å²) in [6.07, 6.45) is 4.36. The molecule has 6 nitrogen and oxygen atoms in total. The number of nitrogens with one attached hydrogen (secondary N) is 2. The quantitative estimate of drug-likeness (QED) is 0.240. The van der Waals surface area contributed by atoms with Crippen LogP contribution in [0.25, 0.3) is 0 Å². The first-order valence-electron chi connectivity index (χ1n) is 8.07. The van der Waals surface area contributed by atoms with Gasteiger partial charge in [0, 0.05) is 53.2 Å². The van der Waals surface area contributed by atoms with Gasteiger partial charge in [0.25, 0.3) is 0 Å². The molecule has 7 heteroatoms. The molecule has 0 bridgehead atoms. The molecule has 0 saturated carbocycles. The van der Waals surface area contributed by atoms with Crippen LogP contribution in [0.2, 0.25) is 0 Å². The molecule has 1 aliphatic heterocycles. The summed E-state index contributed by atoms with van der Waals surface area (Å²) in [5, 5.41) is 6.57. The second-order valence-corrected chi connectivity index (χ2v) is 5.07. The maximum Gasteiger partial charge on any atom is 0.191 e. The molecule has 0 aromatic rings. The Hall–Kier alpha value is -0.120.